The third-order valence-electron chi connectivity index (χ3n) is 18.8. The lowest BCUT2D eigenvalue weighted by Gasteiger charge is -2.40. The molecule has 0 aromatic heterocycles. The second-order valence-electron chi connectivity index (χ2n) is 27.7. The normalized spacial score (nSPS) is 17.8. The topological polar surface area (TPSA) is 175 Å². The summed E-state index contributed by atoms with van der Waals surface area (Å²) >= 11 is 0. The van der Waals surface area contributed by atoms with E-state index in [-0.39, 0.29) is 18.5 Å². The van der Waals surface area contributed by atoms with Crippen LogP contribution in [-0.2, 0) is 23.8 Å². The molecule has 1 amide bonds. The Kier molecular flexibility index (Phi) is 67.2. The van der Waals surface area contributed by atoms with Crippen LogP contribution in [0.25, 0.3) is 0 Å². The van der Waals surface area contributed by atoms with Crippen LogP contribution < -0.4 is 5.32 Å². The van der Waals surface area contributed by atoms with Crippen molar-refractivity contribution in [3.63, 3.8) is 0 Å². The lowest BCUT2D eigenvalue weighted by atomic mass is 9.99. The van der Waals surface area contributed by atoms with Crippen LogP contribution in [-0.4, -0.2) is 100 Å². The van der Waals surface area contributed by atoms with Crippen LogP contribution in [0.3, 0.4) is 0 Å². The maximum atomic E-state index is 13.0. The molecule has 7 atom stereocenters. The molecule has 1 rings (SSSR count). The first-order valence-corrected chi connectivity index (χ1v) is 40.1. The standard InChI is InChI=1S/C82H151NO10/c1-3-5-7-9-11-13-15-16-17-44-47-50-54-58-62-66-70-78(87)91-71-67-63-59-55-51-48-45-42-40-38-36-34-32-30-28-26-24-22-20-18-19-21-23-25-27-29-31-33-35-37-39-41-43-46-49-53-57-61-65-69-77(86)83-74(73-92-82-81(90)80(89)79(88)76(72-84)93-82)75(85)68-64-60-56-52-14-12-10-8-6-4-2/h14,17-19,22,24,44,52,64,68,74-76,79-82,84-85,88-90H,3-13,15-16,20-21,23,25-43,45-51,53-63,65-67,69-73H2,1-2H3,(H,83,86)/b19-18-,24-22-,44-17-,52-14+,68-64+. The predicted octanol–water partition coefficient (Wildman–Crippen LogP) is 21.6. The highest BCUT2D eigenvalue weighted by Gasteiger charge is 2.44. The number of carbonyl (C=O) groups excluding carboxylic acids is 2. The van der Waals surface area contributed by atoms with Gasteiger partial charge >= 0.3 is 5.97 Å². The first kappa shape index (κ1) is 88.4. The van der Waals surface area contributed by atoms with E-state index in [2.05, 4.69) is 67.8 Å². The fraction of sp³-hybridized carbons (Fsp3) is 0.854. The number of nitrogens with one attached hydrogen (secondary N) is 1. The van der Waals surface area contributed by atoms with Gasteiger partial charge in [0.2, 0.25) is 5.91 Å². The third-order valence-corrected chi connectivity index (χ3v) is 18.8. The second-order valence-corrected chi connectivity index (χ2v) is 27.7. The number of rotatable bonds is 71. The molecule has 11 nitrogen and oxygen atoms in total. The molecule has 0 aromatic carbocycles. The molecule has 1 saturated heterocycles. The fourth-order valence-electron chi connectivity index (χ4n) is 12.5. The zero-order valence-corrected chi connectivity index (χ0v) is 60.7. The maximum absolute atomic E-state index is 13.0. The van der Waals surface area contributed by atoms with Gasteiger partial charge in [-0.1, -0.05) is 331 Å². The summed E-state index contributed by atoms with van der Waals surface area (Å²) in [5, 5.41) is 54.4. The zero-order valence-electron chi connectivity index (χ0n) is 60.7. The van der Waals surface area contributed by atoms with Gasteiger partial charge in [-0.3, -0.25) is 9.59 Å². The molecule has 0 spiro atoms. The summed E-state index contributed by atoms with van der Waals surface area (Å²) in [5.41, 5.74) is 0. The number of aliphatic hydroxyl groups excluding tert-OH is 5. The van der Waals surface area contributed by atoms with E-state index >= 15 is 0 Å². The van der Waals surface area contributed by atoms with Crippen LogP contribution in [0.2, 0.25) is 0 Å². The van der Waals surface area contributed by atoms with Gasteiger partial charge in [-0.05, 0) is 103 Å². The minimum Gasteiger partial charge on any atom is -0.466 e. The Labute approximate surface area is 573 Å². The van der Waals surface area contributed by atoms with Crippen molar-refractivity contribution in [1.29, 1.82) is 0 Å². The molecule has 1 heterocycles. The molecule has 6 N–H and O–H groups in total. The van der Waals surface area contributed by atoms with E-state index in [9.17, 15) is 35.1 Å². The number of allylic oxidation sites excluding steroid dienone is 9. The highest BCUT2D eigenvalue weighted by atomic mass is 16.7. The van der Waals surface area contributed by atoms with E-state index in [1.807, 2.05) is 6.08 Å². The average Bonchev–Trinajstić information content (AvgIpc) is 0.887. The molecule has 0 aromatic rings. The SMILES string of the molecule is CCCCCC/C=C/CC/C=C/C(O)C(COC1OC(CO)C(O)C(O)C1O)NC(=O)CCCCCCCCCCCCCCCCCCC/C=C\C/C=C\CCCCCCCCCCCCCCCCCOC(=O)CCCCCCC/C=C\CCCCCCCCC. The van der Waals surface area contributed by atoms with Crippen LogP contribution >= 0.6 is 0 Å². The van der Waals surface area contributed by atoms with E-state index in [1.165, 1.54) is 295 Å². The maximum Gasteiger partial charge on any atom is 0.305 e. The van der Waals surface area contributed by atoms with Crippen LogP contribution in [0, 0.1) is 0 Å². The second kappa shape index (κ2) is 70.7. The largest absolute Gasteiger partial charge is 0.466 e. The van der Waals surface area contributed by atoms with Crippen LogP contribution in [0.1, 0.15) is 386 Å². The highest BCUT2D eigenvalue weighted by Crippen LogP contribution is 2.24. The van der Waals surface area contributed by atoms with Crippen molar-refractivity contribution in [2.45, 2.75) is 429 Å². The van der Waals surface area contributed by atoms with Gasteiger partial charge in [-0.25, -0.2) is 0 Å². The highest BCUT2D eigenvalue weighted by molar-refractivity contribution is 5.76. The Bertz CT molecular complexity index is 1730. The molecule has 11 heteroatoms. The van der Waals surface area contributed by atoms with Gasteiger partial charge in [-0.15, -0.1) is 0 Å². The summed E-state index contributed by atoms with van der Waals surface area (Å²) in [6.45, 7) is 4.32. The molecule has 1 aliphatic heterocycles. The molecule has 0 saturated carbocycles. The van der Waals surface area contributed by atoms with Crippen molar-refractivity contribution in [3.05, 3.63) is 60.8 Å². The van der Waals surface area contributed by atoms with E-state index < -0.39 is 49.5 Å². The van der Waals surface area contributed by atoms with Crippen molar-refractivity contribution < 1.29 is 49.3 Å². The molecule has 1 aliphatic rings. The summed E-state index contributed by atoms with van der Waals surface area (Å²) in [7, 11) is 0. The van der Waals surface area contributed by atoms with Gasteiger partial charge in [0.25, 0.3) is 0 Å². The molecule has 0 aliphatic carbocycles. The van der Waals surface area contributed by atoms with Crippen molar-refractivity contribution >= 4 is 11.9 Å². The Morgan fingerprint density at radius 3 is 1.14 bits per heavy atom. The van der Waals surface area contributed by atoms with E-state index in [4.69, 9.17) is 14.2 Å². The minimum absolute atomic E-state index is 0.00724. The summed E-state index contributed by atoms with van der Waals surface area (Å²) in [6.07, 6.45) is 85.6. The molecule has 0 bridgehead atoms. The number of ether oxygens (including phenoxy) is 3. The van der Waals surface area contributed by atoms with Crippen molar-refractivity contribution in [2.24, 2.45) is 0 Å². The van der Waals surface area contributed by atoms with Gasteiger partial charge in [0, 0.05) is 12.8 Å². The van der Waals surface area contributed by atoms with Crippen molar-refractivity contribution in [3.8, 4) is 0 Å². The van der Waals surface area contributed by atoms with Crippen molar-refractivity contribution in [1.82, 2.24) is 5.32 Å². The first-order chi connectivity index (χ1) is 45.7. The van der Waals surface area contributed by atoms with E-state index in [1.54, 1.807) is 6.08 Å². The molecule has 7 unspecified atom stereocenters. The number of carbonyl (C=O) groups is 2. The smallest absolute Gasteiger partial charge is 0.305 e. The lowest BCUT2D eigenvalue weighted by Crippen LogP contribution is -2.60. The molecule has 93 heavy (non-hydrogen) atoms. The summed E-state index contributed by atoms with van der Waals surface area (Å²) < 4.78 is 16.7. The molecular weight excluding hydrogens is 1160 g/mol. The van der Waals surface area contributed by atoms with Gasteiger partial charge in [-0.2, -0.15) is 0 Å². The quantitative estimate of drug-likeness (QED) is 0.0195. The van der Waals surface area contributed by atoms with Crippen molar-refractivity contribution in [2.75, 3.05) is 19.8 Å². The molecular formula is C82H151NO10. The number of aliphatic hydroxyl groups is 5. The summed E-state index contributed by atoms with van der Waals surface area (Å²) in [4.78, 5) is 25.1. The zero-order chi connectivity index (χ0) is 67.2. The molecule has 0 radical (unpaired) electrons. The number of hydrogen-bond donors (Lipinski definition) is 6. The fourth-order valence-corrected chi connectivity index (χ4v) is 12.5. The first-order valence-electron chi connectivity index (χ1n) is 40.1. The van der Waals surface area contributed by atoms with Crippen LogP contribution in [0.15, 0.2) is 60.8 Å². The predicted molar refractivity (Wildman–Crippen MR) is 393 cm³/mol. The third kappa shape index (κ3) is 59.2. The number of hydrogen-bond acceptors (Lipinski definition) is 10. The van der Waals surface area contributed by atoms with Crippen LogP contribution in [0.4, 0.5) is 0 Å². The number of unbranched alkanes of at least 4 members (excludes halogenated alkanes) is 49. The summed E-state index contributed by atoms with van der Waals surface area (Å²) in [5.74, 6) is -0.182. The Hall–Kier alpha value is -2.64. The van der Waals surface area contributed by atoms with Crippen LogP contribution in [0.5, 0.6) is 0 Å². The molecule has 544 valence electrons. The van der Waals surface area contributed by atoms with Gasteiger partial charge in [0.05, 0.1) is 32.0 Å². The number of esters is 1. The Morgan fingerprint density at radius 1 is 0.398 bits per heavy atom. The Morgan fingerprint density at radius 2 is 0.731 bits per heavy atom. The monoisotopic (exact) mass is 1310 g/mol. The minimum atomic E-state index is -1.58. The van der Waals surface area contributed by atoms with Gasteiger partial charge < -0.3 is 45.1 Å². The summed E-state index contributed by atoms with van der Waals surface area (Å²) in [6, 6.07) is -0.825. The Balaban J connectivity index is 1.87. The average molecular weight is 1310 g/mol. The van der Waals surface area contributed by atoms with Gasteiger partial charge in [0.1, 0.15) is 24.4 Å². The van der Waals surface area contributed by atoms with E-state index in [0.717, 1.165) is 64.2 Å². The van der Waals surface area contributed by atoms with Gasteiger partial charge in [0.15, 0.2) is 6.29 Å². The van der Waals surface area contributed by atoms with E-state index in [0.29, 0.717) is 19.4 Å². The lowest BCUT2D eigenvalue weighted by molar-refractivity contribution is -0.302. The molecule has 1 fully saturated rings. The number of amides is 1.